The van der Waals surface area contributed by atoms with Gasteiger partial charge in [-0.3, -0.25) is 34.2 Å². The number of nitrogens with zero attached hydrogens (tertiary/aromatic N) is 5. The van der Waals surface area contributed by atoms with Crippen molar-refractivity contribution in [2.24, 2.45) is 0 Å². The molecule has 2 saturated heterocycles. The summed E-state index contributed by atoms with van der Waals surface area (Å²) >= 11 is 0. The molecule has 18 heteroatoms. The van der Waals surface area contributed by atoms with Gasteiger partial charge in [0, 0.05) is 78.9 Å². The average molecular weight is 851 g/mol. The normalized spacial score (nSPS) is 18.5. The molecule has 3 aliphatic rings. The van der Waals surface area contributed by atoms with Crippen molar-refractivity contribution in [2.75, 3.05) is 48.3 Å². The lowest BCUT2D eigenvalue weighted by atomic mass is 9.91. The molecule has 5 amide bonds. The summed E-state index contributed by atoms with van der Waals surface area (Å²) in [6.45, 7) is 9.96. The van der Waals surface area contributed by atoms with Gasteiger partial charge in [-0.25, -0.2) is 18.1 Å². The molecule has 4 heterocycles. The number of aromatic nitrogens is 2. The highest BCUT2D eigenvalue weighted by Gasteiger charge is 2.45. The van der Waals surface area contributed by atoms with Crippen LogP contribution in [0.5, 0.6) is 0 Å². The van der Waals surface area contributed by atoms with E-state index in [1.165, 1.54) is 0 Å². The van der Waals surface area contributed by atoms with Crippen molar-refractivity contribution < 1.29 is 32.4 Å². The molecule has 2 atom stereocenters. The van der Waals surface area contributed by atoms with Gasteiger partial charge in [-0.1, -0.05) is 24.3 Å². The monoisotopic (exact) mass is 850 g/mol. The van der Waals surface area contributed by atoms with Gasteiger partial charge in [0.05, 0.1) is 4.90 Å². The van der Waals surface area contributed by atoms with Gasteiger partial charge < -0.3 is 25.8 Å². The van der Waals surface area contributed by atoms with Crippen LogP contribution < -0.4 is 30.9 Å². The molecule has 2 fully saturated rings. The SMILES string of the molecule is Cc1cnc(Nc2ccc(N3CCN(C(=O)CCCNC4C(=O)N(C5CCC(=O)NC5=O)C(=O)c5ccccc54)CC3)cc2)nc1Nc1cccc(S(=O)(=O)NC(C)(C)C)c1. The molecule has 17 nitrogen and oxygen atoms in total. The number of rotatable bonds is 13. The highest BCUT2D eigenvalue weighted by molar-refractivity contribution is 7.89. The van der Waals surface area contributed by atoms with Gasteiger partial charge in [0.1, 0.15) is 17.9 Å². The number of piperazine rings is 1. The quantitative estimate of drug-likeness (QED) is 0.0955. The number of aryl methyl sites for hydroxylation is 1. The van der Waals surface area contributed by atoms with Crippen LogP contribution in [0.3, 0.4) is 0 Å². The van der Waals surface area contributed by atoms with Gasteiger partial charge in [-0.05, 0) is 101 Å². The van der Waals surface area contributed by atoms with Crippen LogP contribution in [0.2, 0.25) is 0 Å². The van der Waals surface area contributed by atoms with Gasteiger partial charge in [-0.15, -0.1) is 0 Å². The minimum atomic E-state index is -3.72. The van der Waals surface area contributed by atoms with Crippen molar-refractivity contribution in [2.45, 2.75) is 75.9 Å². The van der Waals surface area contributed by atoms with Gasteiger partial charge in [0.15, 0.2) is 0 Å². The first kappa shape index (κ1) is 42.9. The van der Waals surface area contributed by atoms with Crippen LogP contribution in [-0.2, 0) is 29.2 Å². The molecular formula is C43H50N10O7S. The Kier molecular flexibility index (Phi) is 12.5. The third kappa shape index (κ3) is 10.0. The second kappa shape index (κ2) is 17.8. The molecule has 0 bridgehead atoms. The van der Waals surface area contributed by atoms with Gasteiger partial charge in [0.25, 0.3) is 11.8 Å². The molecule has 3 aromatic carbocycles. The molecule has 1 aromatic heterocycles. The van der Waals surface area contributed by atoms with Gasteiger partial charge in [0.2, 0.25) is 33.7 Å². The van der Waals surface area contributed by atoms with Crippen LogP contribution in [0, 0.1) is 6.92 Å². The molecule has 0 aliphatic carbocycles. The molecule has 61 heavy (non-hydrogen) atoms. The first-order valence-electron chi connectivity index (χ1n) is 20.2. The second-order valence-corrected chi connectivity index (χ2v) is 18.0. The van der Waals surface area contributed by atoms with Gasteiger partial charge in [-0.2, -0.15) is 4.98 Å². The number of anilines is 5. The summed E-state index contributed by atoms with van der Waals surface area (Å²) in [6, 6.07) is 19.2. The van der Waals surface area contributed by atoms with E-state index in [-0.39, 0.29) is 30.1 Å². The predicted octanol–water partition coefficient (Wildman–Crippen LogP) is 3.90. The maximum atomic E-state index is 13.7. The molecular weight excluding hydrogens is 801 g/mol. The van der Waals surface area contributed by atoms with E-state index < -0.39 is 51.3 Å². The van der Waals surface area contributed by atoms with Crippen molar-refractivity contribution >= 4 is 68.4 Å². The Morgan fingerprint density at radius 2 is 1.64 bits per heavy atom. The van der Waals surface area contributed by atoms with Crippen LogP contribution in [0.25, 0.3) is 0 Å². The fourth-order valence-corrected chi connectivity index (χ4v) is 9.04. The minimum absolute atomic E-state index is 0.0129. The molecule has 0 radical (unpaired) electrons. The summed E-state index contributed by atoms with van der Waals surface area (Å²) in [5.74, 6) is -1.32. The smallest absolute Gasteiger partial charge is 0.261 e. The third-order valence-corrected chi connectivity index (χ3v) is 12.3. The van der Waals surface area contributed by atoms with E-state index in [4.69, 9.17) is 0 Å². The Hall–Kier alpha value is -6.24. The Bertz CT molecular complexity index is 2450. The number of carbonyl (C=O) groups is 5. The molecule has 7 rings (SSSR count). The Morgan fingerprint density at radius 3 is 2.36 bits per heavy atom. The summed E-state index contributed by atoms with van der Waals surface area (Å²) in [6.07, 6.45) is 2.52. The number of fused-ring (bicyclic) bond motifs is 1. The number of carbonyl (C=O) groups excluding carboxylic acids is 5. The van der Waals surface area contributed by atoms with Crippen molar-refractivity contribution in [3.05, 3.63) is 95.7 Å². The Balaban J connectivity index is 0.884. The number of imide groups is 2. The van der Waals surface area contributed by atoms with E-state index in [9.17, 15) is 32.4 Å². The highest BCUT2D eigenvalue weighted by Crippen LogP contribution is 2.31. The van der Waals surface area contributed by atoms with E-state index in [0.717, 1.165) is 21.8 Å². The van der Waals surface area contributed by atoms with Crippen LogP contribution >= 0.6 is 0 Å². The lowest BCUT2D eigenvalue weighted by Crippen LogP contribution is -2.60. The molecule has 0 saturated carbocycles. The molecule has 0 spiro atoms. The lowest BCUT2D eigenvalue weighted by molar-refractivity contribution is -0.144. The molecule has 3 aliphatic heterocycles. The summed E-state index contributed by atoms with van der Waals surface area (Å²) in [4.78, 5) is 78.8. The maximum absolute atomic E-state index is 13.7. The summed E-state index contributed by atoms with van der Waals surface area (Å²) in [5.41, 5.74) is 3.32. The maximum Gasteiger partial charge on any atom is 0.261 e. The van der Waals surface area contributed by atoms with Crippen LogP contribution in [0.1, 0.15) is 74.0 Å². The van der Waals surface area contributed by atoms with Crippen LogP contribution in [0.15, 0.2) is 83.9 Å². The summed E-state index contributed by atoms with van der Waals surface area (Å²) in [7, 11) is -3.72. The second-order valence-electron chi connectivity index (χ2n) is 16.3. The Labute approximate surface area is 354 Å². The minimum Gasteiger partial charge on any atom is -0.368 e. The lowest BCUT2D eigenvalue weighted by Gasteiger charge is -2.38. The first-order valence-corrected chi connectivity index (χ1v) is 21.7. The predicted molar refractivity (Wildman–Crippen MR) is 229 cm³/mol. The zero-order valence-electron chi connectivity index (χ0n) is 34.5. The fraction of sp³-hybridized carbons (Fsp3) is 0.372. The van der Waals surface area contributed by atoms with E-state index in [2.05, 4.69) is 40.9 Å². The number of amides is 5. The van der Waals surface area contributed by atoms with Crippen LogP contribution in [0.4, 0.5) is 28.8 Å². The number of piperidine rings is 1. The number of nitrogens with one attached hydrogen (secondary N) is 5. The zero-order chi connectivity index (χ0) is 43.5. The van der Waals surface area contributed by atoms with Crippen molar-refractivity contribution in [3.8, 4) is 0 Å². The van der Waals surface area contributed by atoms with Crippen molar-refractivity contribution in [3.63, 3.8) is 0 Å². The topological polar surface area (TPSA) is 215 Å². The number of sulfonamides is 1. The van der Waals surface area contributed by atoms with E-state index in [0.29, 0.717) is 67.7 Å². The van der Waals surface area contributed by atoms with E-state index >= 15 is 0 Å². The summed E-state index contributed by atoms with van der Waals surface area (Å²) in [5, 5.41) is 11.9. The number of hydrogen-bond acceptors (Lipinski definition) is 13. The molecule has 4 aromatic rings. The number of hydrogen-bond donors (Lipinski definition) is 5. The fourth-order valence-electron chi connectivity index (χ4n) is 7.58. The van der Waals surface area contributed by atoms with Crippen molar-refractivity contribution in [1.29, 1.82) is 0 Å². The average Bonchev–Trinajstić information content (AvgIpc) is 3.22. The highest BCUT2D eigenvalue weighted by atomic mass is 32.2. The third-order valence-electron chi connectivity index (χ3n) is 10.6. The van der Waals surface area contributed by atoms with E-state index in [1.54, 1.807) is 75.5 Å². The standard InChI is InChI=1S/C43H50N10O7S/c1-27-26-45-42(49-38(27)46-29-9-7-10-31(25-29)61(59,60)50-43(2,3)4)47-28-14-16-30(17-15-28)51-21-23-52(24-22-51)36(55)13-8-20-44-37-32-11-5-6-12-33(32)40(57)53(41(37)58)34-18-19-35(54)48-39(34)56/h5-7,9-12,14-17,25-26,34,37,44,50H,8,13,18-24H2,1-4H3,(H,48,54,56)(H2,45,46,47,49). The first-order chi connectivity index (χ1) is 29.1. The Morgan fingerprint density at radius 1 is 0.902 bits per heavy atom. The molecule has 5 N–H and O–H groups in total. The largest absolute Gasteiger partial charge is 0.368 e. The van der Waals surface area contributed by atoms with Crippen LogP contribution in [-0.4, -0.2) is 102 Å². The van der Waals surface area contributed by atoms with Gasteiger partial charge >= 0.3 is 0 Å². The van der Waals surface area contributed by atoms with E-state index in [1.807, 2.05) is 36.1 Å². The molecule has 2 unspecified atom stereocenters. The number of benzene rings is 3. The molecule has 320 valence electrons. The van der Waals surface area contributed by atoms with Crippen molar-refractivity contribution in [1.82, 2.24) is 35.1 Å². The zero-order valence-corrected chi connectivity index (χ0v) is 35.3. The summed E-state index contributed by atoms with van der Waals surface area (Å²) < 4.78 is 28.5.